The van der Waals surface area contributed by atoms with Crippen molar-refractivity contribution in [1.82, 2.24) is 10.6 Å². The molecule has 0 fully saturated rings. The third kappa shape index (κ3) is 5.10. The summed E-state index contributed by atoms with van der Waals surface area (Å²) < 4.78 is 13.6. The van der Waals surface area contributed by atoms with Crippen LogP contribution in [0.2, 0.25) is 0 Å². The number of benzene rings is 2. The average molecular weight is 386 g/mol. The zero-order valence-corrected chi connectivity index (χ0v) is 16.2. The smallest absolute Gasteiger partial charge is 0.222 e. The zero-order valence-electron chi connectivity index (χ0n) is 15.4. The lowest BCUT2D eigenvalue weighted by Crippen LogP contribution is -2.35. The lowest BCUT2D eigenvalue weighted by atomic mass is 10.00. The maximum absolute atomic E-state index is 13.6. The summed E-state index contributed by atoms with van der Waals surface area (Å²) in [6, 6.07) is 11.9. The normalized spacial score (nSPS) is 16.9. The van der Waals surface area contributed by atoms with Crippen LogP contribution in [0, 0.1) is 12.7 Å². The molecule has 0 aromatic heterocycles. The van der Waals surface area contributed by atoms with Crippen LogP contribution in [0.3, 0.4) is 0 Å². The minimum Gasteiger partial charge on any atom is -0.349 e. The first-order chi connectivity index (χ1) is 12.9. The number of rotatable bonds is 5. The lowest BCUT2D eigenvalue weighted by Gasteiger charge is -2.27. The molecule has 3 rings (SSSR count). The molecule has 2 amide bonds. The molecule has 2 aromatic rings. The van der Waals surface area contributed by atoms with Crippen LogP contribution < -0.4 is 10.6 Å². The Morgan fingerprint density at radius 1 is 1.22 bits per heavy atom. The first-order valence-corrected chi connectivity index (χ1v) is 9.96. The Hall–Kier alpha value is -2.34. The third-order valence-corrected chi connectivity index (χ3v) is 5.72. The minimum absolute atomic E-state index is 0.136. The number of thioether (sulfide) groups is 1. The maximum atomic E-state index is 13.6. The zero-order chi connectivity index (χ0) is 19.4. The summed E-state index contributed by atoms with van der Waals surface area (Å²) in [6.45, 7) is 3.43. The highest BCUT2D eigenvalue weighted by atomic mass is 32.2. The van der Waals surface area contributed by atoms with Gasteiger partial charge in [-0.05, 0) is 42.7 Å². The predicted octanol–water partition coefficient (Wildman–Crippen LogP) is 4.05. The molecule has 1 aliphatic rings. The van der Waals surface area contributed by atoms with Crippen LogP contribution in [-0.2, 0) is 9.59 Å². The van der Waals surface area contributed by atoms with Crippen LogP contribution in [0.15, 0.2) is 47.4 Å². The van der Waals surface area contributed by atoms with Gasteiger partial charge in [0.1, 0.15) is 5.82 Å². The Kier molecular flexibility index (Phi) is 6.16. The van der Waals surface area contributed by atoms with Gasteiger partial charge in [-0.1, -0.05) is 29.8 Å². The van der Waals surface area contributed by atoms with Crippen LogP contribution in [0.5, 0.6) is 0 Å². The van der Waals surface area contributed by atoms with E-state index in [4.69, 9.17) is 0 Å². The molecule has 6 heteroatoms. The summed E-state index contributed by atoms with van der Waals surface area (Å²) in [4.78, 5) is 25.3. The van der Waals surface area contributed by atoms with Crippen LogP contribution in [-0.4, -0.2) is 17.6 Å². The van der Waals surface area contributed by atoms with Gasteiger partial charge in [0.05, 0.1) is 18.5 Å². The van der Waals surface area contributed by atoms with Gasteiger partial charge in [0.15, 0.2) is 0 Å². The number of amides is 2. The summed E-state index contributed by atoms with van der Waals surface area (Å²) in [5.41, 5.74) is 2.82. The fourth-order valence-corrected chi connectivity index (χ4v) is 4.36. The van der Waals surface area contributed by atoms with Crippen molar-refractivity contribution < 1.29 is 14.0 Å². The van der Waals surface area contributed by atoms with Gasteiger partial charge < -0.3 is 10.6 Å². The molecule has 0 aliphatic carbocycles. The van der Waals surface area contributed by atoms with Gasteiger partial charge >= 0.3 is 0 Å². The Morgan fingerprint density at radius 3 is 2.67 bits per heavy atom. The SMILES string of the molecule is CC(=O)NC(CC(=O)NC1CCSc2ccc(F)cc21)c1ccc(C)cc1. The first-order valence-electron chi connectivity index (χ1n) is 8.97. The van der Waals surface area contributed by atoms with Crippen molar-refractivity contribution in [3.63, 3.8) is 0 Å². The third-order valence-electron chi connectivity index (χ3n) is 4.59. The van der Waals surface area contributed by atoms with Crippen molar-refractivity contribution >= 4 is 23.6 Å². The summed E-state index contributed by atoms with van der Waals surface area (Å²) in [5, 5.41) is 5.87. The first kappa shape index (κ1) is 19.4. The molecule has 0 saturated heterocycles. The van der Waals surface area contributed by atoms with Crippen LogP contribution in [0.4, 0.5) is 4.39 Å². The monoisotopic (exact) mass is 386 g/mol. The molecule has 1 heterocycles. The predicted molar refractivity (Wildman–Crippen MR) is 105 cm³/mol. The van der Waals surface area contributed by atoms with Gasteiger partial charge in [0.2, 0.25) is 11.8 Å². The van der Waals surface area contributed by atoms with Gasteiger partial charge in [-0.15, -0.1) is 11.8 Å². The van der Waals surface area contributed by atoms with Gasteiger partial charge in [0, 0.05) is 17.6 Å². The van der Waals surface area contributed by atoms with E-state index in [1.807, 2.05) is 31.2 Å². The molecule has 2 aromatic carbocycles. The second-order valence-electron chi connectivity index (χ2n) is 6.81. The van der Waals surface area contributed by atoms with E-state index in [1.165, 1.54) is 19.1 Å². The van der Waals surface area contributed by atoms with E-state index in [1.54, 1.807) is 17.8 Å². The second kappa shape index (κ2) is 8.57. The number of carbonyl (C=O) groups excluding carboxylic acids is 2. The van der Waals surface area contributed by atoms with E-state index in [9.17, 15) is 14.0 Å². The summed E-state index contributed by atoms with van der Waals surface area (Å²) in [7, 11) is 0. The number of aryl methyl sites for hydroxylation is 1. The van der Waals surface area contributed by atoms with E-state index in [0.717, 1.165) is 33.8 Å². The molecule has 142 valence electrons. The summed E-state index contributed by atoms with van der Waals surface area (Å²) >= 11 is 1.67. The Labute approximate surface area is 162 Å². The number of nitrogens with one attached hydrogen (secondary N) is 2. The van der Waals surface area contributed by atoms with Crippen molar-refractivity contribution in [1.29, 1.82) is 0 Å². The van der Waals surface area contributed by atoms with Crippen LogP contribution in [0.1, 0.15) is 48.5 Å². The number of halogens is 1. The van der Waals surface area contributed by atoms with Crippen molar-refractivity contribution in [2.45, 2.75) is 43.7 Å². The van der Waals surface area contributed by atoms with Gasteiger partial charge in [0.25, 0.3) is 0 Å². The van der Waals surface area contributed by atoms with E-state index in [-0.39, 0.29) is 30.1 Å². The van der Waals surface area contributed by atoms with Gasteiger partial charge in [-0.3, -0.25) is 9.59 Å². The Morgan fingerprint density at radius 2 is 1.96 bits per heavy atom. The molecule has 0 spiro atoms. The highest BCUT2D eigenvalue weighted by Gasteiger charge is 2.24. The topological polar surface area (TPSA) is 58.2 Å². The molecule has 4 nitrogen and oxygen atoms in total. The lowest BCUT2D eigenvalue weighted by molar-refractivity contribution is -0.123. The summed E-state index contributed by atoms with van der Waals surface area (Å²) in [5.74, 6) is 0.221. The standard InChI is InChI=1S/C21H23FN2O2S/c1-13-3-5-15(6-4-13)19(23-14(2)25)12-21(26)24-18-9-10-27-20-8-7-16(22)11-17(18)20/h3-8,11,18-19H,9-10,12H2,1-2H3,(H,23,25)(H,24,26). The largest absolute Gasteiger partial charge is 0.349 e. The van der Waals surface area contributed by atoms with Crippen molar-refractivity contribution in [3.05, 3.63) is 65.0 Å². The van der Waals surface area contributed by atoms with E-state index in [2.05, 4.69) is 10.6 Å². The Balaban J connectivity index is 1.72. The molecular formula is C21H23FN2O2S. The molecular weight excluding hydrogens is 363 g/mol. The Bertz CT molecular complexity index is 839. The number of carbonyl (C=O) groups is 2. The minimum atomic E-state index is -0.395. The fourth-order valence-electron chi connectivity index (χ4n) is 3.25. The van der Waals surface area contributed by atoms with Crippen molar-refractivity contribution in [2.75, 3.05) is 5.75 Å². The molecule has 0 saturated carbocycles. The average Bonchev–Trinajstić information content (AvgIpc) is 2.62. The van der Waals surface area contributed by atoms with Crippen molar-refractivity contribution in [2.24, 2.45) is 0 Å². The molecule has 1 aliphatic heterocycles. The number of fused-ring (bicyclic) bond motifs is 1. The highest BCUT2D eigenvalue weighted by molar-refractivity contribution is 7.99. The molecule has 0 bridgehead atoms. The van der Waals surface area contributed by atoms with Gasteiger partial charge in [-0.2, -0.15) is 0 Å². The van der Waals surface area contributed by atoms with E-state index < -0.39 is 6.04 Å². The fraction of sp³-hybridized carbons (Fsp3) is 0.333. The van der Waals surface area contributed by atoms with Crippen LogP contribution in [0.25, 0.3) is 0 Å². The number of hydrogen-bond acceptors (Lipinski definition) is 3. The van der Waals surface area contributed by atoms with E-state index >= 15 is 0 Å². The van der Waals surface area contributed by atoms with Crippen LogP contribution >= 0.6 is 11.8 Å². The molecule has 27 heavy (non-hydrogen) atoms. The molecule has 2 unspecified atom stereocenters. The second-order valence-corrected chi connectivity index (χ2v) is 7.94. The maximum Gasteiger partial charge on any atom is 0.222 e. The quantitative estimate of drug-likeness (QED) is 0.815. The number of hydrogen-bond donors (Lipinski definition) is 2. The van der Waals surface area contributed by atoms with Crippen molar-refractivity contribution in [3.8, 4) is 0 Å². The molecule has 0 radical (unpaired) electrons. The molecule has 2 N–H and O–H groups in total. The van der Waals surface area contributed by atoms with Gasteiger partial charge in [-0.25, -0.2) is 4.39 Å². The molecule has 2 atom stereocenters. The van der Waals surface area contributed by atoms with E-state index in [0.29, 0.717) is 0 Å². The highest BCUT2D eigenvalue weighted by Crippen LogP contribution is 2.36. The summed E-state index contributed by atoms with van der Waals surface area (Å²) in [6.07, 6.45) is 0.888.